The first kappa shape index (κ1) is 21.3. The number of hydrogen-bond acceptors (Lipinski definition) is 4. The van der Waals surface area contributed by atoms with E-state index >= 15 is 0 Å². The van der Waals surface area contributed by atoms with Crippen LogP contribution in [0.4, 0.5) is 11.4 Å². The number of anilines is 2. The van der Waals surface area contributed by atoms with Gasteiger partial charge >= 0.3 is 5.97 Å². The number of amides is 2. The van der Waals surface area contributed by atoms with Gasteiger partial charge in [0.25, 0.3) is 5.91 Å². The molecule has 1 fully saturated rings. The molecular formula is C21H20BrClN2O4. The molecule has 0 saturated carbocycles. The summed E-state index contributed by atoms with van der Waals surface area (Å²) in [6, 6.07) is 10.8. The van der Waals surface area contributed by atoms with Gasteiger partial charge in [0.2, 0.25) is 5.91 Å². The zero-order valence-corrected chi connectivity index (χ0v) is 18.3. The van der Waals surface area contributed by atoms with Gasteiger partial charge < -0.3 is 15.0 Å². The van der Waals surface area contributed by atoms with Crippen molar-refractivity contribution in [2.24, 2.45) is 5.92 Å². The van der Waals surface area contributed by atoms with Crippen LogP contribution in [0.1, 0.15) is 17.5 Å². The second kappa shape index (κ2) is 8.97. The Kier molecular flexibility index (Phi) is 6.59. The van der Waals surface area contributed by atoms with Crippen molar-refractivity contribution < 1.29 is 19.1 Å². The molecule has 0 bridgehead atoms. The number of ether oxygens (including phenoxy) is 1. The van der Waals surface area contributed by atoms with Crippen molar-refractivity contribution in [3.05, 3.63) is 57.0 Å². The zero-order chi connectivity index (χ0) is 21.1. The fourth-order valence-corrected chi connectivity index (χ4v) is 3.76. The SMILES string of the molecule is Cc1ccc(N2CC(C(=O)OCC(=O)Nc3ccc(Br)cc3Cl)CC2=O)cc1C. The van der Waals surface area contributed by atoms with Gasteiger partial charge in [0.05, 0.1) is 16.6 Å². The molecule has 1 N–H and O–H groups in total. The molecule has 1 heterocycles. The highest BCUT2D eigenvalue weighted by Gasteiger charge is 2.36. The van der Waals surface area contributed by atoms with Crippen LogP contribution in [0.5, 0.6) is 0 Å². The summed E-state index contributed by atoms with van der Waals surface area (Å²) in [7, 11) is 0. The number of nitrogens with one attached hydrogen (secondary N) is 1. The molecule has 8 heteroatoms. The molecule has 1 aliphatic heterocycles. The van der Waals surface area contributed by atoms with Crippen LogP contribution in [0.25, 0.3) is 0 Å². The molecule has 1 aliphatic rings. The van der Waals surface area contributed by atoms with E-state index in [0.717, 1.165) is 21.3 Å². The number of carbonyl (C=O) groups is 3. The van der Waals surface area contributed by atoms with Gasteiger partial charge in [0, 0.05) is 23.1 Å². The standard InChI is InChI=1S/C21H20BrClN2O4/c1-12-3-5-16(7-13(12)2)25-10-14(8-20(25)27)21(28)29-11-19(26)24-18-6-4-15(22)9-17(18)23/h3-7,9,14H,8,10-11H2,1-2H3,(H,24,26). The Bertz CT molecular complexity index is 979. The third kappa shape index (κ3) is 5.16. The highest BCUT2D eigenvalue weighted by molar-refractivity contribution is 9.10. The van der Waals surface area contributed by atoms with Crippen LogP contribution in [0, 0.1) is 19.8 Å². The molecule has 3 rings (SSSR count). The van der Waals surface area contributed by atoms with E-state index in [1.54, 1.807) is 23.1 Å². The van der Waals surface area contributed by atoms with Crippen molar-refractivity contribution in [2.45, 2.75) is 20.3 Å². The van der Waals surface area contributed by atoms with Crippen molar-refractivity contribution in [2.75, 3.05) is 23.4 Å². The van der Waals surface area contributed by atoms with Crippen LogP contribution in [-0.2, 0) is 19.1 Å². The van der Waals surface area contributed by atoms with Crippen molar-refractivity contribution in [1.82, 2.24) is 0 Å². The first-order valence-electron chi connectivity index (χ1n) is 9.03. The lowest BCUT2D eigenvalue weighted by Gasteiger charge is -2.17. The first-order valence-corrected chi connectivity index (χ1v) is 10.2. The molecule has 2 aromatic rings. The van der Waals surface area contributed by atoms with Gasteiger partial charge in [-0.05, 0) is 55.3 Å². The second-order valence-corrected chi connectivity index (χ2v) is 8.28. The molecule has 2 amide bonds. The Morgan fingerprint density at radius 3 is 2.66 bits per heavy atom. The van der Waals surface area contributed by atoms with E-state index in [4.69, 9.17) is 16.3 Å². The Morgan fingerprint density at radius 1 is 1.21 bits per heavy atom. The Balaban J connectivity index is 1.55. The van der Waals surface area contributed by atoms with E-state index < -0.39 is 24.4 Å². The topological polar surface area (TPSA) is 75.7 Å². The largest absolute Gasteiger partial charge is 0.455 e. The number of carbonyl (C=O) groups excluding carboxylic acids is 3. The number of halogens is 2. The van der Waals surface area contributed by atoms with Gasteiger partial charge in [0.15, 0.2) is 6.61 Å². The fraction of sp³-hybridized carbons (Fsp3) is 0.286. The van der Waals surface area contributed by atoms with Crippen LogP contribution < -0.4 is 10.2 Å². The zero-order valence-electron chi connectivity index (χ0n) is 16.0. The van der Waals surface area contributed by atoms with E-state index in [0.29, 0.717) is 10.7 Å². The Morgan fingerprint density at radius 2 is 1.97 bits per heavy atom. The molecule has 0 radical (unpaired) electrons. The maximum atomic E-state index is 12.4. The van der Waals surface area contributed by atoms with E-state index in [2.05, 4.69) is 21.2 Å². The molecule has 1 atom stereocenters. The average Bonchev–Trinajstić information content (AvgIpc) is 3.06. The minimum atomic E-state index is -0.604. The maximum absolute atomic E-state index is 12.4. The smallest absolute Gasteiger partial charge is 0.311 e. The summed E-state index contributed by atoms with van der Waals surface area (Å²) in [5.41, 5.74) is 3.39. The molecular weight excluding hydrogens is 460 g/mol. The highest BCUT2D eigenvalue weighted by atomic mass is 79.9. The van der Waals surface area contributed by atoms with E-state index in [-0.39, 0.29) is 18.9 Å². The summed E-state index contributed by atoms with van der Waals surface area (Å²) in [6.07, 6.45) is 0.0614. The summed E-state index contributed by atoms with van der Waals surface area (Å²) < 4.78 is 5.90. The fourth-order valence-electron chi connectivity index (χ4n) is 3.04. The van der Waals surface area contributed by atoms with Gasteiger partial charge in [-0.1, -0.05) is 33.6 Å². The number of hydrogen-bond donors (Lipinski definition) is 1. The summed E-state index contributed by atoms with van der Waals surface area (Å²) in [4.78, 5) is 38.3. The van der Waals surface area contributed by atoms with Crippen molar-refractivity contribution >= 4 is 56.7 Å². The van der Waals surface area contributed by atoms with Crippen molar-refractivity contribution in [3.63, 3.8) is 0 Å². The van der Waals surface area contributed by atoms with Crippen LogP contribution in [0.3, 0.4) is 0 Å². The van der Waals surface area contributed by atoms with Gasteiger partial charge in [0.1, 0.15) is 0 Å². The third-order valence-electron chi connectivity index (χ3n) is 4.81. The first-order chi connectivity index (χ1) is 13.7. The van der Waals surface area contributed by atoms with Gasteiger partial charge in [-0.15, -0.1) is 0 Å². The molecule has 1 saturated heterocycles. The molecule has 0 spiro atoms. The molecule has 6 nitrogen and oxygen atoms in total. The Labute approximate surface area is 182 Å². The highest BCUT2D eigenvalue weighted by Crippen LogP contribution is 2.28. The second-order valence-electron chi connectivity index (χ2n) is 6.95. The minimum absolute atomic E-state index is 0.0614. The molecule has 0 aromatic heterocycles. The molecule has 2 aromatic carbocycles. The van der Waals surface area contributed by atoms with Gasteiger partial charge in [-0.25, -0.2) is 0 Å². The number of rotatable bonds is 5. The van der Waals surface area contributed by atoms with Crippen LogP contribution in [0.2, 0.25) is 5.02 Å². The number of benzene rings is 2. The van der Waals surface area contributed by atoms with Crippen LogP contribution >= 0.6 is 27.5 Å². The molecule has 29 heavy (non-hydrogen) atoms. The summed E-state index contributed by atoms with van der Waals surface area (Å²) in [5, 5.41) is 2.96. The summed E-state index contributed by atoms with van der Waals surface area (Å²) >= 11 is 9.34. The van der Waals surface area contributed by atoms with E-state index in [1.165, 1.54) is 0 Å². The van der Waals surface area contributed by atoms with E-state index in [9.17, 15) is 14.4 Å². The van der Waals surface area contributed by atoms with Crippen LogP contribution in [-0.4, -0.2) is 30.9 Å². The van der Waals surface area contributed by atoms with Gasteiger partial charge in [-0.3, -0.25) is 14.4 Å². The lowest BCUT2D eigenvalue weighted by atomic mass is 10.1. The normalized spacial score (nSPS) is 16.1. The monoisotopic (exact) mass is 478 g/mol. The molecule has 0 aliphatic carbocycles. The predicted molar refractivity (Wildman–Crippen MR) is 115 cm³/mol. The molecule has 152 valence electrons. The van der Waals surface area contributed by atoms with Gasteiger partial charge in [-0.2, -0.15) is 0 Å². The number of aryl methyl sites for hydroxylation is 2. The van der Waals surface area contributed by atoms with Crippen molar-refractivity contribution in [3.8, 4) is 0 Å². The minimum Gasteiger partial charge on any atom is -0.455 e. The average molecular weight is 480 g/mol. The summed E-state index contributed by atoms with van der Waals surface area (Å²) in [6.45, 7) is 3.76. The van der Waals surface area contributed by atoms with Crippen LogP contribution in [0.15, 0.2) is 40.9 Å². The summed E-state index contributed by atoms with van der Waals surface area (Å²) in [5.74, 6) is -1.81. The molecule has 1 unspecified atom stereocenters. The number of esters is 1. The van der Waals surface area contributed by atoms with Crippen molar-refractivity contribution in [1.29, 1.82) is 0 Å². The lowest BCUT2D eigenvalue weighted by molar-refractivity contribution is -0.151. The lowest BCUT2D eigenvalue weighted by Crippen LogP contribution is -2.28. The number of nitrogens with zero attached hydrogens (tertiary/aromatic N) is 1. The predicted octanol–water partition coefficient (Wildman–Crippen LogP) is 4.25. The maximum Gasteiger partial charge on any atom is 0.311 e. The Hall–Kier alpha value is -2.38. The van der Waals surface area contributed by atoms with E-state index in [1.807, 2.05) is 32.0 Å². The quantitative estimate of drug-likeness (QED) is 0.651. The third-order valence-corrected chi connectivity index (χ3v) is 5.62.